The van der Waals surface area contributed by atoms with Crippen LogP contribution in [-0.2, 0) is 4.79 Å². The molecule has 0 unspecified atom stereocenters. The molecule has 0 saturated carbocycles. The molecule has 0 fully saturated rings. The van der Waals surface area contributed by atoms with Crippen molar-refractivity contribution in [2.45, 2.75) is 31.9 Å². The van der Waals surface area contributed by atoms with E-state index < -0.39 is 24.8 Å². The molecular weight excluding hydrogens is 173 g/mol. The Morgan fingerprint density at radius 1 is 1.25 bits per heavy atom. The minimum Gasteiger partial charge on any atom is -0.396 e. The summed E-state index contributed by atoms with van der Waals surface area (Å²) in [7, 11) is 0. The lowest BCUT2D eigenvalue weighted by Crippen LogP contribution is -2.10. The number of aliphatic hydroxyl groups excluding tert-OH is 1. The molecule has 0 aromatic rings. The fourth-order valence-electron chi connectivity index (χ4n) is 0.682. The summed E-state index contributed by atoms with van der Waals surface area (Å²) in [5.74, 6) is -0.443. The van der Waals surface area contributed by atoms with Gasteiger partial charge < -0.3 is 5.11 Å². The highest BCUT2D eigenvalue weighted by atomic mass is 19.4. The Balaban J connectivity index is 3.44. The van der Waals surface area contributed by atoms with Crippen LogP contribution in [0.25, 0.3) is 0 Å². The van der Waals surface area contributed by atoms with Gasteiger partial charge in [0.05, 0.1) is 6.42 Å². The molecule has 0 aliphatic rings. The number of carbonyl (C=O) groups excluding carboxylic acids is 1. The summed E-state index contributed by atoms with van der Waals surface area (Å²) in [5.41, 5.74) is 0. The fraction of sp³-hybridized carbons (Fsp3) is 0.857. The molecule has 0 aliphatic heterocycles. The molecule has 72 valence electrons. The van der Waals surface area contributed by atoms with Crippen LogP contribution in [0.4, 0.5) is 13.2 Å². The molecule has 0 bridgehead atoms. The number of Topliss-reactive ketones (excluding diaryl/α,β-unsaturated/α-hetero) is 1. The van der Waals surface area contributed by atoms with Crippen molar-refractivity contribution in [3.63, 3.8) is 0 Å². The number of halogens is 3. The quantitative estimate of drug-likeness (QED) is 0.705. The molecule has 0 saturated heterocycles. The van der Waals surface area contributed by atoms with Crippen molar-refractivity contribution in [3.8, 4) is 0 Å². The summed E-state index contributed by atoms with van der Waals surface area (Å²) in [4.78, 5) is 10.6. The lowest BCUT2D eigenvalue weighted by Gasteiger charge is -2.04. The number of hydrogen-bond acceptors (Lipinski definition) is 2. The first-order valence-corrected chi connectivity index (χ1v) is 3.65. The van der Waals surface area contributed by atoms with Gasteiger partial charge in [0.2, 0.25) is 0 Å². The molecule has 5 heteroatoms. The molecule has 1 N–H and O–H groups in total. The Kier molecular flexibility index (Phi) is 4.89. The number of hydrogen-bond donors (Lipinski definition) is 1. The summed E-state index contributed by atoms with van der Waals surface area (Å²) in [6, 6.07) is 0. The largest absolute Gasteiger partial charge is 0.396 e. The van der Waals surface area contributed by atoms with Crippen LogP contribution in [0.15, 0.2) is 0 Å². The molecule has 0 amide bonds. The van der Waals surface area contributed by atoms with Crippen molar-refractivity contribution in [1.82, 2.24) is 0 Å². The van der Waals surface area contributed by atoms with Crippen LogP contribution < -0.4 is 0 Å². The smallest absolute Gasteiger partial charge is 0.389 e. The topological polar surface area (TPSA) is 37.3 Å². The second-order valence-electron chi connectivity index (χ2n) is 2.48. The van der Waals surface area contributed by atoms with Crippen LogP contribution in [-0.4, -0.2) is 23.7 Å². The molecule has 12 heavy (non-hydrogen) atoms. The predicted octanol–water partition coefficient (Wildman–Crippen LogP) is 1.67. The average molecular weight is 184 g/mol. The maximum Gasteiger partial charge on any atom is 0.389 e. The molecule has 0 radical (unpaired) electrons. The van der Waals surface area contributed by atoms with E-state index in [1.807, 2.05) is 0 Å². The number of rotatable bonds is 5. The van der Waals surface area contributed by atoms with E-state index in [1.54, 1.807) is 0 Å². The molecule has 0 atom stereocenters. The first-order valence-electron chi connectivity index (χ1n) is 3.65. The van der Waals surface area contributed by atoms with E-state index in [0.717, 1.165) is 0 Å². The maximum absolute atomic E-state index is 11.5. The number of alkyl halides is 3. The van der Waals surface area contributed by atoms with Gasteiger partial charge in [-0.15, -0.1) is 0 Å². The highest BCUT2D eigenvalue weighted by Gasteiger charge is 2.27. The van der Waals surface area contributed by atoms with Crippen LogP contribution in [0, 0.1) is 0 Å². The van der Waals surface area contributed by atoms with E-state index in [9.17, 15) is 18.0 Å². The summed E-state index contributed by atoms with van der Waals surface area (Å²) in [6.45, 7) is -0.155. The Bertz CT molecular complexity index is 142. The van der Waals surface area contributed by atoms with E-state index in [-0.39, 0.29) is 19.4 Å². The third-order valence-electron chi connectivity index (χ3n) is 1.30. The second-order valence-corrected chi connectivity index (χ2v) is 2.48. The van der Waals surface area contributed by atoms with Gasteiger partial charge in [0, 0.05) is 19.4 Å². The SMILES string of the molecule is O=C(CCCO)CCC(F)(F)F. The van der Waals surface area contributed by atoms with Gasteiger partial charge in [0.25, 0.3) is 0 Å². The molecule has 0 aromatic heterocycles. The molecule has 0 rings (SSSR count). The molecule has 0 aliphatic carbocycles. The minimum atomic E-state index is -4.26. The van der Waals surface area contributed by atoms with Crippen LogP contribution in [0.2, 0.25) is 0 Å². The zero-order valence-corrected chi connectivity index (χ0v) is 6.52. The summed E-state index contributed by atoms with van der Waals surface area (Å²) >= 11 is 0. The molecule has 0 spiro atoms. The monoisotopic (exact) mass is 184 g/mol. The van der Waals surface area contributed by atoms with E-state index in [2.05, 4.69) is 0 Å². The van der Waals surface area contributed by atoms with Crippen molar-refractivity contribution in [1.29, 1.82) is 0 Å². The Morgan fingerprint density at radius 3 is 2.25 bits per heavy atom. The number of ketones is 1. The van der Waals surface area contributed by atoms with Crippen molar-refractivity contribution >= 4 is 5.78 Å². The van der Waals surface area contributed by atoms with Gasteiger partial charge in [0.15, 0.2) is 0 Å². The summed E-state index contributed by atoms with van der Waals surface area (Å²) < 4.78 is 34.6. The number of aliphatic hydroxyl groups is 1. The lowest BCUT2D eigenvalue weighted by atomic mass is 10.1. The second kappa shape index (κ2) is 5.13. The molecule has 2 nitrogen and oxygen atoms in total. The Morgan fingerprint density at radius 2 is 1.83 bits per heavy atom. The van der Waals surface area contributed by atoms with E-state index in [0.29, 0.717) is 0 Å². The minimum absolute atomic E-state index is 0.0343. The van der Waals surface area contributed by atoms with Gasteiger partial charge in [-0.1, -0.05) is 0 Å². The number of carbonyl (C=O) groups is 1. The summed E-state index contributed by atoms with van der Waals surface area (Å²) in [6.07, 6.45) is -5.50. The predicted molar refractivity (Wildman–Crippen MR) is 36.6 cm³/mol. The van der Waals surface area contributed by atoms with Crippen molar-refractivity contribution in [3.05, 3.63) is 0 Å². The highest BCUT2D eigenvalue weighted by Crippen LogP contribution is 2.21. The maximum atomic E-state index is 11.5. The van der Waals surface area contributed by atoms with Crippen molar-refractivity contribution in [2.24, 2.45) is 0 Å². The Labute approximate surface area is 68.4 Å². The fourth-order valence-corrected chi connectivity index (χ4v) is 0.682. The zero-order chi connectivity index (χ0) is 9.61. The van der Waals surface area contributed by atoms with Crippen LogP contribution in [0.1, 0.15) is 25.7 Å². The lowest BCUT2D eigenvalue weighted by molar-refractivity contribution is -0.143. The highest BCUT2D eigenvalue weighted by molar-refractivity contribution is 5.78. The molecule has 0 heterocycles. The van der Waals surface area contributed by atoms with E-state index in [4.69, 9.17) is 5.11 Å². The van der Waals surface area contributed by atoms with Crippen LogP contribution in [0.3, 0.4) is 0 Å². The van der Waals surface area contributed by atoms with Gasteiger partial charge in [-0.3, -0.25) is 4.79 Å². The first-order chi connectivity index (χ1) is 5.45. The van der Waals surface area contributed by atoms with Crippen molar-refractivity contribution in [2.75, 3.05) is 6.61 Å². The van der Waals surface area contributed by atoms with Crippen LogP contribution in [0.5, 0.6) is 0 Å². The normalized spacial score (nSPS) is 11.7. The third-order valence-corrected chi connectivity index (χ3v) is 1.30. The standard InChI is InChI=1S/C7H11F3O2/c8-7(9,10)4-3-6(12)2-1-5-11/h11H,1-5H2. The van der Waals surface area contributed by atoms with E-state index in [1.165, 1.54) is 0 Å². The van der Waals surface area contributed by atoms with E-state index >= 15 is 0 Å². The Hall–Kier alpha value is -0.580. The van der Waals surface area contributed by atoms with Gasteiger partial charge in [0.1, 0.15) is 5.78 Å². The molecular formula is C7H11F3O2. The third kappa shape index (κ3) is 7.53. The van der Waals surface area contributed by atoms with Gasteiger partial charge >= 0.3 is 6.18 Å². The average Bonchev–Trinajstić information content (AvgIpc) is 1.95. The van der Waals surface area contributed by atoms with Crippen LogP contribution >= 0.6 is 0 Å². The van der Waals surface area contributed by atoms with Gasteiger partial charge in [-0.2, -0.15) is 13.2 Å². The van der Waals surface area contributed by atoms with Gasteiger partial charge in [-0.05, 0) is 6.42 Å². The van der Waals surface area contributed by atoms with Gasteiger partial charge in [-0.25, -0.2) is 0 Å². The first kappa shape index (κ1) is 11.4. The summed E-state index contributed by atoms with van der Waals surface area (Å²) in [5, 5.41) is 8.27. The van der Waals surface area contributed by atoms with Crippen molar-refractivity contribution < 1.29 is 23.1 Å². The zero-order valence-electron chi connectivity index (χ0n) is 6.52. The molecule has 0 aromatic carbocycles.